The molecule has 1 N–H and O–H groups in total. The van der Waals surface area contributed by atoms with Crippen LogP contribution >= 0.6 is 11.3 Å². The standard InChI is InChI=1S/C18H22N4S/c1-18(2)12-22(15-9-13(10-19)11-21-17(15)18)14(6-7-20-3)16-5-4-8-23-16/h4-5,8-9,11,14,20H,6-7,12H2,1-3H3. The third-order valence-electron chi connectivity index (χ3n) is 4.43. The molecule has 0 saturated heterocycles. The number of fused-ring (bicyclic) bond motifs is 1. The molecule has 1 aliphatic heterocycles. The summed E-state index contributed by atoms with van der Waals surface area (Å²) in [6, 6.07) is 8.85. The predicted octanol–water partition coefficient (Wildman–Crippen LogP) is 3.46. The number of nitrogens with one attached hydrogen (secondary N) is 1. The average molecular weight is 326 g/mol. The summed E-state index contributed by atoms with van der Waals surface area (Å²) < 4.78 is 0. The van der Waals surface area contributed by atoms with Gasteiger partial charge in [-0.3, -0.25) is 4.98 Å². The van der Waals surface area contributed by atoms with E-state index in [9.17, 15) is 5.26 Å². The zero-order chi connectivity index (χ0) is 16.4. The molecular formula is C18H22N4S. The van der Waals surface area contributed by atoms with Gasteiger partial charge in [-0.15, -0.1) is 11.3 Å². The van der Waals surface area contributed by atoms with E-state index in [2.05, 4.69) is 52.6 Å². The van der Waals surface area contributed by atoms with Crippen LogP contribution in [0, 0.1) is 11.3 Å². The van der Waals surface area contributed by atoms with Crippen LogP contribution in [0.2, 0.25) is 0 Å². The van der Waals surface area contributed by atoms with E-state index < -0.39 is 0 Å². The van der Waals surface area contributed by atoms with Gasteiger partial charge in [0.1, 0.15) is 6.07 Å². The number of hydrogen-bond acceptors (Lipinski definition) is 5. The second-order valence-corrected chi connectivity index (χ2v) is 7.62. The highest BCUT2D eigenvalue weighted by Crippen LogP contribution is 2.45. The van der Waals surface area contributed by atoms with E-state index in [1.54, 1.807) is 17.5 Å². The minimum atomic E-state index is -0.00152. The molecule has 1 atom stereocenters. The molecule has 0 radical (unpaired) electrons. The van der Waals surface area contributed by atoms with Gasteiger partial charge in [0.05, 0.1) is 23.0 Å². The van der Waals surface area contributed by atoms with Crippen LogP contribution in [0.1, 0.15) is 42.4 Å². The second-order valence-electron chi connectivity index (χ2n) is 6.64. The zero-order valence-electron chi connectivity index (χ0n) is 13.8. The van der Waals surface area contributed by atoms with E-state index in [0.29, 0.717) is 11.6 Å². The topological polar surface area (TPSA) is 52.0 Å². The highest BCUT2D eigenvalue weighted by Gasteiger charge is 2.40. The van der Waals surface area contributed by atoms with Gasteiger partial charge in [0.25, 0.3) is 0 Å². The number of pyridine rings is 1. The second kappa shape index (κ2) is 6.31. The van der Waals surface area contributed by atoms with Gasteiger partial charge in [-0.25, -0.2) is 0 Å². The van der Waals surface area contributed by atoms with Crippen molar-refractivity contribution in [2.45, 2.75) is 31.7 Å². The summed E-state index contributed by atoms with van der Waals surface area (Å²) in [6.45, 7) is 6.35. The van der Waals surface area contributed by atoms with Gasteiger partial charge in [0.2, 0.25) is 0 Å². The molecule has 0 spiro atoms. The zero-order valence-corrected chi connectivity index (χ0v) is 14.7. The molecule has 0 aromatic carbocycles. The van der Waals surface area contributed by atoms with Gasteiger partial charge in [0, 0.05) is 23.0 Å². The lowest BCUT2D eigenvalue weighted by Gasteiger charge is -2.31. The number of anilines is 1. The monoisotopic (exact) mass is 326 g/mol. The molecule has 0 amide bonds. The number of thiophene rings is 1. The molecule has 1 aliphatic rings. The SMILES string of the molecule is CNCCC(c1cccs1)N1CC(C)(C)c2ncc(C#N)cc21. The molecule has 3 rings (SSSR count). The predicted molar refractivity (Wildman–Crippen MR) is 94.9 cm³/mol. The van der Waals surface area contributed by atoms with Gasteiger partial charge >= 0.3 is 0 Å². The van der Waals surface area contributed by atoms with E-state index in [-0.39, 0.29) is 5.41 Å². The van der Waals surface area contributed by atoms with Crippen LogP contribution in [-0.4, -0.2) is 25.1 Å². The number of rotatable bonds is 5. The van der Waals surface area contributed by atoms with Crippen molar-refractivity contribution < 1.29 is 0 Å². The van der Waals surface area contributed by atoms with Crippen LogP contribution < -0.4 is 10.2 Å². The Bertz CT molecular complexity index is 715. The van der Waals surface area contributed by atoms with Crippen molar-refractivity contribution in [2.24, 2.45) is 0 Å². The van der Waals surface area contributed by atoms with Gasteiger partial charge < -0.3 is 10.2 Å². The number of nitrogens with zero attached hydrogens (tertiary/aromatic N) is 3. The Morgan fingerprint density at radius 3 is 3.00 bits per heavy atom. The summed E-state index contributed by atoms with van der Waals surface area (Å²) in [4.78, 5) is 8.40. The summed E-state index contributed by atoms with van der Waals surface area (Å²) in [7, 11) is 1.99. The Kier molecular flexibility index (Phi) is 4.38. The molecule has 1 unspecified atom stereocenters. The van der Waals surface area contributed by atoms with Crippen molar-refractivity contribution in [3.63, 3.8) is 0 Å². The lowest BCUT2D eigenvalue weighted by molar-refractivity contribution is 0.494. The summed E-state index contributed by atoms with van der Waals surface area (Å²) >= 11 is 1.80. The molecule has 0 fully saturated rings. The van der Waals surface area contributed by atoms with Crippen LogP contribution in [0.4, 0.5) is 5.69 Å². The van der Waals surface area contributed by atoms with Crippen molar-refractivity contribution in [2.75, 3.05) is 25.0 Å². The molecule has 2 aromatic heterocycles. The Labute approximate surface area is 141 Å². The highest BCUT2D eigenvalue weighted by atomic mass is 32.1. The molecule has 120 valence electrons. The maximum atomic E-state index is 9.23. The van der Waals surface area contributed by atoms with Crippen LogP contribution in [0.5, 0.6) is 0 Å². The first-order chi connectivity index (χ1) is 11.1. The Morgan fingerprint density at radius 1 is 1.52 bits per heavy atom. The molecular weight excluding hydrogens is 304 g/mol. The summed E-state index contributed by atoms with van der Waals surface area (Å²) in [5.74, 6) is 0. The third-order valence-corrected chi connectivity index (χ3v) is 5.40. The van der Waals surface area contributed by atoms with Gasteiger partial charge in [-0.1, -0.05) is 19.9 Å². The van der Waals surface area contributed by atoms with E-state index in [4.69, 9.17) is 0 Å². The summed E-state index contributed by atoms with van der Waals surface area (Å²) in [6.07, 6.45) is 2.72. The first kappa shape index (κ1) is 16.0. The van der Waals surface area contributed by atoms with Gasteiger partial charge in [-0.2, -0.15) is 5.26 Å². The number of aromatic nitrogens is 1. The van der Waals surface area contributed by atoms with Crippen molar-refractivity contribution in [3.8, 4) is 6.07 Å². The fraction of sp³-hybridized carbons (Fsp3) is 0.444. The van der Waals surface area contributed by atoms with Crippen molar-refractivity contribution in [1.82, 2.24) is 10.3 Å². The lowest BCUT2D eigenvalue weighted by atomic mass is 9.91. The van der Waals surface area contributed by atoms with E-state index in [0.717, 1.165) is 30.9 Å². The van der Waals surface area contributed by atoms with Gasteiger partial charge in [0.15, 0.2) is 0 Å². The molecule has 3 heterocycles. The first-order valence-electron chi connectivity index (χ1n) is 7.92. The van der Waals surface area contributed by atoms with E-state index in [1.165, 1.54) is 4.88 Å². The quantitative estimate of drug-likeness (QED) is 0.914. The van der Waals surface area contributed by atoms with E-state index >= 15 is 0 Å². The van der Waals surface area contributed by atoms with Crippen molar-refractivity contribution in [1.29, 1.82) is 5.26 Å². The fourth-order valence-corrected chi connectivity index (χ4v) is 4.21. The van der Waals surface area contributed by atoms with Crippen LogP contribution in [0.3, 0.4) is 0 Å². The molecule has 5 heteroatoms. The minimum Gasteiger partial charge on any atom is -0.361 e. The molecule has 0 aliphatic carbocycles. The van der Waals surface area contributed by atoms with E-state index in [1.807, 2.05) is 13.1 Å². The summed E-state index contributed by atoms with van der Waals surface area (Å²) in [5.41, 5.74) is 2.84. The average Bonchev–Trinajstić information content (AvgIpc) is 3.15. The van der Waals surface area contributed by atoms with Crippen LogP contribution in [-0.2, 0) is 5.41 Å². The highest BCUT2D eigenvalue weighted by molar-refractivity contribution is 7.10. The van der Waals surface area contributed by atoms with Crippen LogP contribution in [0.15, 0.2) is 29.8 Å². The van der Waals surface area contributed by atoms with Crippen molar-refractivity contribution in [3.05, 3.63) is 45.9 Å². The maximum absolute atomic E-state index is 9.23. The number of hydrogen-bond donors (Lipinski definition) is 1. The molecule has 0 saturated carbocycles. The molecule has 4 nitrogen and oxygen atoms in total. The lowest BCUT2D eigenvalue weighted by Crippen LogP contribution is -2.33. The maximum Gasteiger partial charge on any atom is 0.101 e. The Morgan fingerprint density at radius 2 is 2.35 bits per heavy atom. The minimum absolute atomic E-state index is 0.00152. The largest absolute Gasteiger partial charge is 0.361 e. The molecule has 0 bridgehead atoms. The van der Waals surface area contributed by atoms with Crippen molar-refractivity contribution >= 4 is 17.0 Å². The molecule has 23 heavy (non-hydrogen) atoms. The third kappa shape index (κ3) is 2.97. The normalized spacial score (nSPS) is 16.9. The smallest absolute Gasteiger partial charge is 0.101 e. The van der Waals surface area contributed by atoms with Crippen LogP contribution in [0.25, 0.3) is 0 Å². The molecule has 2 aromatic rings. The number of nitriles is 1. The first-order valence-corrected chi connectivity index (χ1v) is 8.80. The Balaban J connectivity index is 2.04. The summed E-state index contributed by atoms with van der Waals surface area (Å²) in [5, 5.41) is 14.6. The fourth-order valence-electron chi connectivity index (χ4n) is 3.33. The Hall–Kier alpha value is -1.90. The van der Waals surface area contributed by atoms with Gasteiger partial charge in [-0.05, 0) is 37.5 Å².